The molecule has 0 radical (unpaired) electrons. The smallest absolute Gasteiger partial charge is 0.227 e. The molecule has 6 rings (SSSR count). The Bertz CT molecular complexity index is 1320. The van der Waals surface area contributed by atoms with Gasteiger partial charge in [0.25, 0.3) is 0 Å². The highest BCUT2D eigenvalue weighted by molar-refractivity contribution is 7.85. The maximum atomic E-state index is 12.7. The summed E-state index contributed by atoms with van der Waals surface area (Å²) in [5.74, 6) is 3.92. The molecule has 1 aliphatic carbocycles. The lowest BCUT2D eigenvalue weighted by Gasteiger charge is -2.41. The number of aromatic nitrogens is 3. The molecule has 0 saturated heterocycles. The fourth-order valence-electron chi connectivity index (χ4n) is 5.04. The Labute approximate surface area is 217 Å². The summed E-state index contributed by atoms with van der Waals surface area (Å²) < 4.78 is 29.7. The number of anilines is 2. The van der Waals surface area contributed by atoms with Crippen LogP contribution in [0.4, 0.5) is 11.8 Å². The van der Waals surface area contributed by atoms with Crippen molar-refractivity contribution in [3.63, 3.8) is 0 Å². The molecule has 196 valence electrons. The summed E-state index contributed by atoms with van der Waals surface area (Å²) in [4.78, 5) is 17.2. The van der Waals surface area contributed by atoms with Crippen molar-refractivity contribution < 1.29 is 23.2 Å². The molecule has 1 fully saturated rings. The van der Waals surface area contributed by atoms with E-state index in [1.54, 1.807) is 7.11 Å². The van der Waals surface area contributed by atoms with Crippen molar-refractivity contribution in [2.45, 2.75) is 49.1 Å². The minimum atomic E-state index is -1.13. The molecule has 10 nitrogen and oxygen atoms in total. The summed E-state index contributed by atoms with van der Waals surface area (Å²) in [5, 5.41) is 13.4. The zero-order valence-corrected chi connectivity index (χ0v) is 21.7. The van der Waals surface area contributed by atoms with Crippen LogP contribution in [0.25, 0.3) is 11.5 Å². The first-order chi connectivity index (χ1) is 18.1. The van der Waals surface area contributed by atoms with Gasteiger partial charge in [0.15, 0.2) is 0 Å². The normalized spacial score (nSPS) is 19.7. The van der Waals surface area contributed by atoms with Crippen LogP contribution in [0.1, 0.15) is 36.4 Å². The average Bonchev–Trinajstić information content (AvgIpc) is 3.49. The number of aliphatic hydroxyl groups is 1. The molecular weight excluding hydrogens is 494 g/mol. The van der Waals surface area contributed by atoms with Crippen LogP contribution in [0.3, 0.4) is 0 Å². The zero-order valence-electron chi connectivity index (χ0n) is 20.9. The van der Waals surface area contributed by atoms with Crippen molar-refractivity contribution >= 4 is 22.6 Å². The number of oxazole rings is 1. The van der Waals surface area contributed by atoms with E-state index in [9.17, 15) is 9.32 Å². The number of ether oxygens (including phenoxy) is 2. The molecule has 3 aromatic rings. The highest BCUT2D eigenvalue weighted by Gasteiger charge is 2.39. The van der Waals surface area contributed by atoms with Gasteiger partial charge in [-0.3, -0.25) is 4.21 Å². The van der Waals surface area contributed by atoms with Crippen molar-refractivity contribution in [1.29, 1.82) is 0 Å². The van der Waals surface area contributed by atoms with Crippen LogP contribution < -0.4 is 15.0 Å². The van der Waals surface area contributed by atoms with Gasteiger partial charge < -0.3 is 29.2 Å². The number of benzene rings is 1. The molecule has 3 aliphatic rings. The highest BCUT2D eigenvalue weighted by atomic mass is 32.2. The molecule has 0 amide bonds. The average molecular weight is 526 g/mol. The molecule has 0 spiro atoms. The van der Waals surface area contributed by atoms with Gasteiger partial charge in [-0.15, -0.1) is 0 Å². The first kappa shape index (κ1) is 24.3. The van der Waals surface area contributed by atoms with Crippen molar-refractivity contribution in [2.24, 2.45) is 0 Å². The van der Waals surface area contributed by atoms with E-state index in [4.69, 9.17) is 28.8 Å². The van der Waals surface area contributed by atoms with Gasteiger partial charge >= 0.3 is 0 Å². The van der Waals surface area contributed by atoms with E-state index in [0.717, 1.165) is 47.7 Å². The third kappa shape index (κ3) is 4.71. The number of hydrogen-bond acceptors (Lipinski definition) is 10. The van der Waals surface area contributed by atoms with E-state index >= 15 is 0 Å². The quantitative estimate of drug-likeness (QED) is 0.403. The van der Waals surface area contributed by atoms with Crippen molar-refractivity contribution in [3.8, 4) is 17.2 Å². The summed E-state index contributed by atoms with van der Waals surface area (Å²) >= 11 is 0. The molecule has 4 heterocycles. The predicted molar refractivity (Wildman–Crippen MR) is 138 cm³/mol. The van der Waals surface area contributed by atoms with Crippen LogP contribution in [0.2, 0.25) is 0 Å². The molecule has 0 unspecified atom stereocenters. The second kappa shape index (κ2) is 10.0. The lowest BCUT2D eigenvalue weighted by molar-refractivity contribution is 0.143. The molecule has 37 heavy (non-hydrogen) atoms. The number of aryl methyl sites for hydroxylation is 1. The number of aliphatic hydroxyl groups excluding tert-OH is 1. The largest absolute Gasteiger partial charge is 0.491 e. The van der Waals surface area contributed by atoms with E-state index in [-0.39, 0.29) is 12.1 Å². The van der Waals surface area contributed by atoms with Crippen molar-refractivity contribution in [3.05, 3.63) is 41.4 Å². The highest BCUT2D eigenvalue weighted by Crippen LogP contribution is 2.39. The van der Waals surface area contributed by atoms with Crippen molar-refractivity contribution in [1.82, 2.24) is 15.0 Å². The standard InChI is InChI=1S/C26H31N5O5S/c1-34-11-12-35-18-5-2-4-17(14-18)24-27-20-15-31(10-6-21(20)36-24)25-28-19-7-13-37(33)22(19)23(29-25)30-26(16-32)8-3-9-26/h2,4-5,14,32H,3,6-13,15-16H2,1H3,(H,28,29,30)/t37-/m1/s1. The second-order valence-corrected chi connectivity index (χ2v) is 11.3. The minimum Gasteiger partial charge on any atom is -0.491 e. The molecule has 1 aromatic carbocycles. The van der Waals surface area contributed by atoms with Crippen LogP contribution in [0.15, 0.2) is 33.6 Å². The topological polar surface area (TPSA) is 123 Å². The monoisotopic (exact) mass is 525 g/mol. The van der Waals surface area contributed by atoms with Crippen molar-refractivity contribution in [2.75, 3.05) is 49.4 Å². The van der Waals surface area contributed by atoms with Gasteiger partial charge in [-0.25, -0.2) is 9.97 Å². The van der Waals surface area contributed by atoms with E-state index in [1.165, 1.54) is 0 Å². The fraction of sp³-hybridized carbons (Fsp3) is 0.500. The van der Waals surface area contributed by atoms with Crippen LogP contribution >= 0.6 is 0 Å². The molecule has 11 heteroatoms. The number of nitrogens with zero attached hydrogens (tertiary/aromatic N) is 4. The van der Waals surface area contributed by atoms with E-state index in [2.05, 4.69) is 10.2 Å². The summed E-state index contributed by atoms with van der Waals surface area (Å²) in [6.45, 7) is 2.23. The van der Waals surface area contributed by atoms with Gasteiger partial charge in [0.2, 0.25) is 11.8 Å². The number of nitrogens with one attached hydrogen (secondary N) is 1. The zero-order chi connectivity index (χ0) is 25.4. The fourth-order valence-corrected chi connectivity index (χ4v) is 6.35. The Morgan fingerprint density at radius 2 is 2.08 bits per heavy atom. The van der Waals surface area contributed by atoms with Gasteiger partial charge in [0.05, 0.1) is 41.8 Å². The molecule has 2 aromatic heterocycles. The minimum absolute atomic E-state index is 0.0289. The Balaban J connectivity index is 1.24. The number of hydrogen-bond donors (Lipinski definition) is 2. The number of fused-ring (bicyclic) bond motifs is 2. The summed E-state index contributed by atoms with van der Waals surface area (Å²) in [6.07, 6.45) is 4.15. The Morgan fingerprint density at radius 3 is 2.86 bits per heavy atom. The van der Waals surface area contributed by atoms with Gasteiger partial charge in [-0.05, 0) is 37.5 Å². The van der Waals surface area contributed by atoms with E-state index in [0.29, 0.717) is 67.5 Å². The molecule has 1 atom stereocenters. The SMILES string of the molecule is COCCOc1cccc(-c2nc3c(o2)CCN(c2nc4c(c(NC5(CO)CCC5)n2)[S@](=O)CC4)C3)c1. The molecule has 0 bridgehead atoms. The van der Waals surface area contributed by atoms with Gasteiger partial charge in [0.1, 0.15) is 34.5 Å². The maximum Gasteiger partial charge on any atom is 0.227 e. The van der Waals surface area contributed by atoms with Gasteiger partial charge in [-0.2, -0.15) is 4.98 Å². The van der Waals surface area contributed by atoms with Crippen LogP contribution in [-0.4, -0.2) is 69.0 Å². The summed E-state index contributed by atoms with van der Waals surface area (Å²) in [7, 11) is 0.517. The molecule has 2 N–H and O–H groups in total. The van der Waals surface area contributed by atoms with Gasteiger partial charge in [-0.1, -0.05) is 6.07 Å². The lowest BCUT2D eigenvalue weighted by Crippen LogP contribution is -2.48. The van der Waals surface area contributed by atoms with Crippen LogP contribution in [-0.2, 0) is 34.9 Å². The lowest BCUT2D eigenvalue weighted by atomic mass is 9.77. The Morgan fingerprint density at radius 1 is 1.19 bits per heavy atom. The summed E-state index contributed by atoms with van der Waals surface area (Å²) in [5.41, 5.74) is 2.16. The van der Waals surface area contributed by atoms with E-state index in [1.807, 2.05) is 24.3 Å². The predicted octanol–water partition coefficient (Wildman–Crippen LogP) is 2.71. The number of rotatable bonds is 9. The van der Waals surface area contributed by atoms with Crippen LogP contribution in [0.5, 0.6) is 5.75 Å². The van der Waals surface area contributed by atoms with Gasteiger partial charge in [0, 0.05) is 37.8 Å². The maximum absolute atomic E-state index is 12.7. The Hall–Kier alpha value is -3.02. The number of methoxy groups -OCH3 is 1. The first-order valence-corrected chi connectivity index (χ1v) is 14.0. The second-order valence-electron chi connectivity index (χ2n) is 9.79. The summed E-state index contributed by atoms with van der Waals surface area (Å²) in [6, 6.07) is 7.70. The van der Waals surface area contributed by atoms with Crippen LogP contribution in [0, 0.1) is 0 Å². The molecular formula is C26H31N5O5S. The molecule has 1 saturated carbocycles. The van der Waals surface area contributed by atoms with E-state index < -0.39 is 10.8 Å². The third-order valence-electron chi connectivity index (χ3n) is 7.32. The Kier molecular flexibility index (Phi) is 6.60. The first-order valence-electron chi connectivity index (χ1n) is 12.7. The third-order valence-corrected chi connectivity index (χ3v) is 8.78. The molecule has 2 aliphatic heterocycles.